The van der Waals surface area contributed by atoms with Crippen LogP contribution in [0.15, 0.2) is 60.7 Å². The minimum Gasteiger partial charge on any atom is -0.480 e. The number of carbonyl (C=O) groups is 3. The lowest BCUT2D eigenvalue weighted by Gasteiger charge is -2.25. The predicted octanol–water partition coefficient (Wildman–Crippen LogP) is 2.50. The largest absolute Gasteiger partial charge is 0.480 e. The van der Waals surface area contributed by atoms with Crippen LogP contribution in [0, 0.1) is 5.92 Å². The lowest BCUT2D eigenvalue weighted by atomic mass is 10.00. The third-order valence-electron chi connectivity index (χ3n) is 5.65. The molecule has 1 aliphatic rings. The van der Waals surface area contributed by atoms with E-state index < -0.39 is 28.7 Å². The Balaban J connectivity index is 1.76. The molecule has 2 aromatic carbocycles. The van der Waals surface area contributed by atoms with E-state index in [4.69, 9.17) is 0 Å². The number of carboxylic acids is 1. The molecule has 2 N–H and O–H groups in total. The van der Waals surface area contributed by atoms with Crippen molar-refractivity contribution in [2.75, 3.05) is 31.1 Å². The molecule has 182 valence electrons. The highest BCUT2D eigenvalue weighted by atomic mass is 32.2. The minimum absolute atomic E-state index is 0.0558. The van der Waals surface area contributed by atoms with Gasteiger partial charge >= 0.3 is 5.97 Å². The predicted molar refractivity (Wildman–Crippen MR) is 135 cm³/mol. The van der Waals surface area contributed by atoms with Crippen molar-refractivity contribution in [1.29, 1.82) is 0 Å². The van der Waals surface area contributed by atoms with Crippen molar-refractivity contribution in [3.63, 3.8) is 0 Å². The Labute approximate surface area is 206 Å². The van der Waals surface area contributed by atoms with E-state index in [1.165, 1.54) is 6.92 Å². The molecule has 0 bridgehead atoms. The normalized spacial score (nSPS) is 21.9. The highest BCUT2D eigenvalue weighted by molar-refractivity contribution is 8.13. The van der Waals surface area contributed by atoms with Gasteiger partial charge in [0.25, 0.3) is 0 Å². The molecule has 1 heterocycles. The number of benzene rings is 2. The van der Waals surface area contributed by atoms with Crippen molar-refractivity contribution in [1.82, 2.24) is 10.2 Å². The van der Waals surface area contributed by atoms with Gasteiger partial charge in [0.2, 0.25) is 5.91 Å². The Morgan fingerprint density at radius 2 is 1.74 bits per heavy atom. The maximum absolute atomic E-state index is 13.3. The van der Waals surface area contributed by atoms with Crippen LogP contribution in [-0.4, -0.2) is 68.4 Å². The molecule has 1 amide bonds. The average Bonchev–Trinajstić information content (AvgIpc) is 2.95. The van der Waals surface area contributed by atoms with Crippen molar-refractivity contribution < 1.29 is 23.7 Å². The second-order valence-corrected chi connectivity index (χ2v) is 11.3. The molecule has 1 saturated heterocycles. The summed E-state index contributed by atoms with van der Waals surface area (Å²) in [4.78, 5) is 38.0. The zero-order chi connectivity index (χ0) is 24.5. The quantitative estimate of drug-likeness (QED) is 0.543. The summed E-state index contributed by atoms with van der Waals surface area (Å²) in [5, 5.41) is 12.0. The second-order valence-electron chi connectivity index (χ2n) is 8.43. The number of thioether (sulfide) groups is 1. The van der Waals surface area contributed by atoms with Crippen LogP contribution in [0.2, 0.25) is 0 Å². The first kappa shape index (κ1) is 26.1. The smallest absolute Gasteiger partial charge is 0.317 e. The maximum atomic E-state index is 13.3. The molecule has 4 unspecified atom stereocenters. The lowest BCUT2D eigenvalue weighted by molar-refractivity contribution is -0.138. The number of carboxylic acid groups (broad SMARTS) is 1. The van der Waals surface area contributed by atoms with Crippen LogP contribution in [0.25, 0.3) is 0 Å². The molecule has 0 aliphatic carbocycles. The molecular formula is C25H30N2O5S2. The molecule has 0 saturated carbocycles. The number of amides is 1. The number of nitrogens with one attached hydrogen (secondary N) is 1. The number of nitrogens with zero attached hydrogens (tertiary/aromatic N) is 1. The van der Waals surface area contributed by atoms with Crippen molar-refractivity contribution in [2.24, 2.45) is 5.92 Å². The van der Waals surface area contributed by atoms with E-state index >= 15 is 0 Å². The summed E-state index contributed by atoms with van der Waals surface area (Å²) in [7, 11) is -1.30. The van der Waals surface area contributed by atoms with E-state index in [1.54, 1.807) is 4.90 Å². The van der Waals surface area contributed by atoms with Gasteiger partial charge in [0.15, 0.2) is 5.12 Å². The molecule has 1 aliphatic heterocycles. The molecule has 0 radical (unpaired) electrons. The third kappa shape index (κ3) is 8.07. The van der Waals surface area contributed by atoms with Gasteiger partial charge in [-0.3, -0.25) is 23.5 Å². The highest BCUT2D eigenvalue weighted by Crippen LogP contribution is 2.25. The number of carbonyl (C=O) groups excluding carboxylic acids is 2. The molecular weight excluding hydrogens is 472 g/mol. The first-order valence-electron chi connectivity index (χ1n) is 11.2. The fourth-order valence-corrected chi connectivity index (χ4v) is 6.43. The summed E-state index contributed by atoms with van der Waals surface area (Å²) < 4.78 is 13.3. The fraction of sp³-hybridized carbons (Fsp3) is 0.400. The highest BCUT2D eigenvalue weighted by Gasteiger charge is 2.33. The number of hydrogen-bond acceptors (Lipinski definition) is 6. The van der Waals surface area contributed by atoms with Crippen LogP contribution in [0.4, 0.5) is 0 Å². The lowest BCUT2D eigenvalue weighted by Crippen LogP contribution is -2.48. The zero-order valence-electron chi connectivity index (χ0n) is 19.1. The Hall–Kier alpha value is -2.49. The second kappa shape index (κ2) is 12.8. The number of rotatable bonds is 9. The van der Waals surface area contributed by atoms with Crippen LogP contribution in [-0.2, 0) is 31.6 Å². The fourth-order valence-electron chi connectivity index (χ4n) is 4.07. The van der Waals surface area contributed by atoms with Crippen molar-refractivity contribution in [3.05, 3.63) is 71.8 Å². The van der Waals surface area contributed by atoms with Crippen LogP contribution in [0.3, 0.4) is 0 Å². The molecule has 7 nitrogen and oxygen atoms in total. The number of aliphatic carboxylic acids is 1. The van der Waals surface area contributed by atoms with E-state index in [0.29, 0.717) is 25.3 Å². The van der Waals surface area contributed by atoms with Gasteiger partial charge < -0.3 is 10.4 Å². The van der Waals surface area contributed by atoms with Crippen molar-refractivity contribution in [3.8, 4) is 0 Å². The van der Waals surface area contributed by atoms with Gasteiger partial charge in [-0.25, -0.2) is 0 Å². The van der Waals surface area contributed by atoms with Gasteiger partial charge in [0.1, 0.15) is 0 Å². The first-order valence-corrected chi connectivity index (χ1v) is 13.5. The van der Waals surface area contributed by atoms with E-state index in [0.717, 1.165) is 22.9 Å². The number of hydrogen-bond donors (Lipinski definition) is 2. The van der Waals surface area contributed by atoms with E-state index in [1.807, 2.05) is 60.7 Å². The molecule has 34 heavy (non-hydrogen) atoms. The Morgan fingerprint density at radius 3 is 2.35 bits per heavy atom. The summed E-state index contributed by atoms with van der Waals surface area (Å²) in [6.45, 7) is 1.92. The van der Waals surface area contributed by atoms with Gasteiger partial charge in [-0.2, -0.15) is 0 Å². The SMILES string of the molecule is CC(=O)SCC(Cc1ccccc1)C(=O)NC1CN(CC(=O)O)CC(c2ccccc2)S(=O)C1. The van der Waals surface area contributed by atoms with Crippen LogP contribution < -0.4 is 5.32 Å². The van der Waals surface area contributed by atoms with E-state index in [9.17, 15) is 23.7 Å². The summed E-state index contributed by atoms with van der Waals surface area (Å²) in [6.07, 6.45) is 0.480. The van der Waals surface area contributed by atoms with Gasteiger partial charge in [-0.15, -0.1) is 0 Å². The Kier molecular flexibility index (Phi) is 9.86. The van der Waals surface area contributed by atoms with Gasteiger partial charge in [0, 0.05) is 42.3 Å². The summed E-state index contributed by atoms with van der Waals surface area (Å²) in [5.74, 6) is -1.04. The van der Waals surface area contributed by atoms with Crippen LogP contribution >= 0.6 is 11.8 Å². The van der Waals surface area contributed by atoms with Gasteiger partial charge in [-0.1, -0.05) is 72.4 Å². The van der Waals surface area contributed by atoms with Gasteiger partial charge in [-0.05, 0) is 17.5 Å². The summed E-state index contributed by atoms with van der Waals surface area (Å²) >= 11 is 1.11. The molecule has 2 aromatic rings. The Morgan fingerprint density at radius 1 is 1.09 bits per heavy atom. The monoisotopic (exact) mass is 502 g/mol. The molecule has 1 fully saturated rings. The van der Waals surface area contributed by atoms with Gasteiger partial charge in [0.05, 0.1) is 23.8 Å². The minimum atomic E-state index is -1.30. The van der Waals surface area contributed by atoms with E-state index in [-0.39, 0.29) is 28.6 Å². The average molecular weight is 503 g/mol. The molecule has 0 aromatic heterocycles. The molecule has 9 heteroatoms. The summed E-state index contributed by atoms with van der Waals surface area (Å²) in [6, 6.07) is 18.6. The Bertz CT molecular complexity index is 1000. The standard InChI is InChI=1S/C25H30N2O5S2/c1-18(28)33-16-21(12-19-8-4-2-5-9-19)25(31)26-22-13-27(15-24(29)30)14-23(34(32)17-22)20-10-6-3-7-11-20/h2-11,21-23H,12-17H2,1H3,(H,26,31)(H,29,30). The first-order chi connectivity index (χ1) is 16.3. The van der Waals surface area contributed by atoms with Crippen molar-refractivity contribution in [2.45, 2.75) is 24.6 Å². The maximum Gasteiger partial charge on any atom is 0.317 e. The third-order valence-corrected chi connectivity index (χ3v) is 8.41. The van der Waals surface area contributed by atoms with Crippen LogP contribution in [0.1, 0.15) is 23.3 Å². The van der Waals surface area contributed by atoms with Crippen molar-refractivity contribution >= 4 is 39.6 Å². The molecule has 4 atom stereocenters. The van der Waals surface area contributed by atoms with E-state index in [2.05, 4.69) is 5.32 Å². The molecule has 3 rings (SSSR count). The zero-order valence-corrected chi connectivity index (χ0v) is 20.7. The summed E-state index contributed by atoms with van der Waals surface area (Å²) in [5.41, 5.74) is 1.89. The topological polar surface area (TPSA) is 104 Å². The van der Waals surface area contributed by atoms with Crippen LogP contribution in [0.5, 0.6) is 0 Å². The molecule has 0 spiro atoms.